The third-order valence-corrected chi connectivity index (χ3v) is 4.00. The predicted octanol–water partition coefficient (Wildman–Crippen LogP) is 2.81. The lowest BCUT2D eigenvalue weighted by Gasteiger charge is -2.22. The van der Waals surface area contributed by atoms with E-state index in [1.807, 2.05) is 19.1 Å². The summed E-state index contributed by atoms with van der Waals surface area (Å²) in [5.41, 5.74) is 0.677. The second-order valence-electron chi connectivity index (χ2n) is 5.58. The zero-order valence-electron chi connectivity index (χ0n) is 13.5. The Morgan fingerprint density at radius 2 is 2.14 bits per heavy atom. The van der Waals surface area contributed by atoms with Gasteiger partial charge in [-0.25, -0.2) is 0 Å². The van der Waals surface area contributed by atoms with Crippen molar-refractivity contribution in [2.45, 2.75) is 32.6 Å². The number of benzene rings is 1. The maximum absolute atomic E-state index is 12.2. The molecule has 1 aliphatic heterocycles. The molecule has 2 N–H and O–H groups in total. The van der Waals surface area contributed by atoms with E-state index in [1.54, 1.807) is 13.2 Å². The highest BCUT2D eigenvalue weighted by Gasteiger charge is 2.15. The summed E-state index contributed by atoms with van der Waals surface area (Å²) in [5, 5.41) is 6.30. The molecule has 0 radical (unpaired) electrons. The molecule has 5 nitrogen and oxygen atoms in total. The molecule has 1 amide bonds. The Morgan fingerprint density at radius 3 is 2.82 bits per heavy atom. The summed E-state index contributed by atoms with van der Waals surface area (Å²) >= 11 is 0. The summed E-state index contributed by atoms with van der Waals surface area (Å²) in [7, 11) is 1.61. The Morgan fingerprint density at radius 1 is 1.36 bits per heavy atom. The van der Waals surface area contributed by atoms with Crippen LogP contribution < -0.4 is 20.1 Å². The molecule has 0 aliphatic carbocycles. The molecule has 1 heterocycles. The molecule has 1 aliphatic rings. The van der Waals surface area contributed by atoms with Crippen LogP contribution in [0, 0.1) is 5.92 Å². The monoisotopic (exact) mass is 306 g/mol. The molecule has 2 rings (SSSR count). The summed E-state index contributed by atoms with van der Waals surface area (Å²) in [6, 6.07) is 5.45. The molecule has 0 aromatic heterocycles. The van der Waals surface area contributed by atoms with Crippen molar-refractivity contribution in [3.05, 3.63) is 18.2 Å². The Bertz CT molecular complexity index is 485. The van der Waals surface area contributed by atoms with Gasteiger partial charge in [-0.05, 0) is 57.3 Å². The van der Waals surface area contributed by atoms with E-state index in [-0.39, 0.29) is 5.91 Å². The Labute approximate surface area is 132 Å². The number of nitrogens with one attached hydrogen (secondary N) is 2. The third-order valence-electron chi connectivity index (χ3n) is 4.00. The lowest BCUT2D eigenvalue weighted by atomic mass is 9.93. The molecule has 5 heteroatoms. The van der Waals surface area contributed by atoms with Crippen LogP contribution in [0.2, 0.25) is 0 Å². The number of ether oxygens (including phenoxy) is 2. The quantitative estimate of drug-likeness (QED) is 0.813. The van der Waals surface area contributed by atoms with Crippen molar-refractivity contribution in [2.75, 3.05) is 32.1 Å². The molecule has 1 saturated heterocycles. The zero-order valence-corrected chi connectivity index (χ0v) is 13.5. The first-order chi connectivity index (χ1) is 10.7. The smallest absolute Gasteiger partial charge is 0.224 e. The minimum absolute atomic E-state index is 0.0349. The first-order valence-corrected chi connectivity index (χ1v) is 8.04. The number of piperidine rings is 1. The molecule has 22 heavy (non-hydrogen) atoms. The maximum atomic E-state index is 12.2. The van der Waals surface area contributed by atoms with Crippen LogP contribution in [0.1, 0.15) is 32.6 Å². The van der Waals surface area contributed by atoms with Gasteiger partial charge in [0.15, 0.2) is 0 Å². The van der Waals surface area contributed by atoms with E-state index in [4.69, 9.17) is 9.47 Å². The number of amides is 1. The van der Waals surface area contributed by atoms with Gasteiger partial charge in [0.05, 0.1) is 19.4 Å². The summed E-state index contributed by atoms with van der Waals surface area (Å²) < 4.78 is 10.8. The van der Waals surface area contributed by atoms with Crippen LogP contribution in [0.15, 0.2) is 18.2 Å². The SMILES string of the molecule is CCOc1ccc(OC)cc1NC(=O)CCC1CCNCC1. The summed E-state index contributed by atoms with van der Waals surface area (Å²) in [5.74, 6) is 2.08. The summed E-state index contributed by atoms with van der Waals surface area (Å²) in [4.78, 5) is 12.2. The molecule has 0 bridgehead atoms. The highest BCUT2D eigenvalue weighted by atomic mass is 16.5. The Hall–Kier alpha value is -1.75. The van der Waals surface area contributed by atoms with E-state index in [1.165, 1.54) is 0 Å². The number of hydrogen-bond acceptors (Lipinski definition) is 4. The molecule has 1 aromatic rings. The van der Waals surface area contributed by atoms with Crippen LogP contribution in [-0.2, 0) is 4.79 Å². The van der Waals surface area contributed by atoms with Gasteiger partial charge < -0.3 is 20.1 Å². The highest BCUT2D eigenvalue weighted by molar-refractivity contribution is 5.92. The van der Waals surface area contributed by atoms with Gasteiger partial charge in [-0.2, -0.15) is 0 Å². The van der Waals surface area contributed by atoms with Gasteiger partial charge in [0.1, 0.15) is 11.5 Å². The number of hydrogen-bond donors (Lipinski definition) is 2. The minimum Gasteiger partial charge on any atom is -0.497 e. The van der Waals surface area contributed by atoms with Crippen molar-refractivity contribution in [1.29, 1.82) is 0 Å². The lowest BCUT2D eigenvalue weighted by molar-refractivity contribution is -0.116. The molecule has 0 saturated carbocycles. The van der Waals surface area contributed by atoms with Crippen molar-refractivity contribution in [3.63, 3.8) is 0 Å². The number of rotatable bonds is 7. The van der Waals surface area contributed by atoms with E-state index in [0.29, 0.717) is 36.1 Å². The van der Waals surface area contributed by atoms with Crippen molar-refractivity contribution in [1.82, 2.24) is 5.32 Å². The lowest BCUT2D eigenvalue weighted by Crippen LogP contribution is -2.28. The average Bonchev–Trinajstić information content (AvgIpc) is 2.55. The molecule has 0 spiro atoms. The van der Waals surface area contributed by atoms with Crippen LogP contribution >= 0.6 is 0 Å². The minimum atomic E-state index is 0.0349. The van der Waals surface area contributed by atoms with Crippen LogP contribution in [0.3, 0.4) is 0 Å². The van der Waals surface area contributed by atoms with Crippen LogP contribution in [0.5, 0.6) is 11.5 Å². The van der Waals surface area contributed by atoms with Gasteiger partial charge in [0, 0.05) is 12.5 Å². The Balaban J connectivity index is 1.91. The Kier molecular flexibility index (Phi) is 6.52. The first kappa shape index (κ1) is 16.6. The molecule has 0 unspecified atom stereocenters. The predicted molar refractivity (Wildman–Crippen MR) is 87.6 cm³/mol. The summed E-state index contributed by atoms with van der Waals surface area (Å²) in [6.45, 7) is 4.62. The molecule has 122 valence electrons. The van der Waals surface area contributed by atoms with Gasteiger partial charge in [-0.1, -0.05) is 0 Å². The normalized spacial score (nSPS) is 15.4. The topological polar surface area (TPSA) is 59.6 Å². The van der Waals surface area contributed by atoms with Gasteiger partial charge >= 0.3 is 0 Å². The van der Waals surface area contributed by atoms with E-state index in [2.05, 4.69) is 10.6 Å². The fraction of sp³-hybridized carbons (Fsp3) is 0.588. The van der Waals surface area contributed by atoms with E-state index < -0.39 is 0 Å². The van der Waals surface area contributed by atoms with Gasteiger partial charge in [-0.15, -0.1) is 0 Å². The van der Waals surface area contributed by atoms with Crippen LogP contribution in [0.25, 0.3) is 0 Å². The van der Waals surface area contributed by atoms with Gasteiger partial charge in [-0.3, -0.25) is 4.79 Å². The van der Waals surface area contributed by atoms with E-state index in [9.17, 15) is 4.79 Å². The van der Waals surface area contributed by atoms with Gasteiger partial charge in [0.2, 0.25) is 5.91 Å². The maximum Gasteiger partial charge on any atom is 0.224 e. The molecular weight excluding hydrogens is 280 g/mol. The fourth-order valence-corrected chi connectivity index (χ4v) is 2.73. The molecule has 1 aromatic carbocycles. The fourth-order valence-electron chi connectivity index (χ4n) is 2.73. The van der Waals surface area contributed by atoms with Gasteiger partial charge in [0.25, 0.3) is 0 Å². The van der Waals surface area contributed by atoms with Crippen LogP contribution in [-0.4, -0.2) is 32.7 Å². The first-order valence-electron chi connectivity index (χ1n) is 8.04. The number of carbonyl (C=O) groups is 1. The number of carbonyl (C=O) groups excluding carboxylic acids is 1. The largest absolute Gasteiger partial charge is 0.497 e. The molecule has 0 atom stereocenters. The second kappa shape index (κ2) is 8.63. The van der Waals surface area contributed by atoms with E-state index >= 15 is 0 Å². The number of anilines is 1. The third kappa shape index (κ3) is 4.91. The zero-order chi connectivity index (χ0) is 15.8. The second-order valence-corrected chi connectivity index (χ2v) is 5.58. The van der Waals surface area contributed by atoms with Crippen molar-refractivity contribution in [3.8, 4) is 11.5 Å². The molecule has 1 fully saturated rings. The van der Waals surface area contributed by atoms with Crippen molar-refractivity contribution >= 4 is 11.6 Å². The average molecular weight is 306 g/mol. The number of methoxy groups -OCH3 is 1. The highest BCUT2D eigenvalue weighted by Crippen LogP contribution is 2.29. The van der Waals surface area contributed by atoms with Crippen molar-refractivity contribution in [2.24, 2.45) is 5.92 Å². The standard InChI is InChI=1S/C17H26N2O3/c1-3-22-16-6-5-14(21-2)12-15(16)19-17(20)7-4-13-8-10-18-11-9-13/h5-6,12-13,18H,3-4,7-11H2,1-2H3,(H,19,20). The van der Waals surface area contributed by atoms with Crippen molar-refractivity contribution < 1.29 is 14.3 Å². The summed E-state index contributed by atoms with van der Waals surface area (Å²) in [6.07, 6.45) is 3.82. The van der Waals surface area contributed by atoms with E-state index in [0.717, 1.165) is 32.4 Å². The van der Waals surface area contributed by atoms with Crippen LogP contribution in [0.4, 0.5) is 5.69 Å². The molecular formula is C17H26N2O3.